The normalized spacial score (nSPS) is 19.8. The van der Waals surface area contributed by atoms with Crippen LogP contribution in [0.1, 0.15) is 12.0 Å². The molecule has 1 amide bonds. The van der Waals surface area contributed by atoms with Crippen molar-refractivity contribution in [1.29, 1.82) is 0 Å². The van der Waals surface area contributed by atoms with Gasteiger partial charge in [-0.1, -0.05) is 18.2 Å². The van der Waals surface area contributed by atoms with Crippen molar-refractivity contribution in [1.82, 2.24) is 15.1 Å². The number of para-hydroxylation sites is 1. The van der Waals surface area contributed by atoms with Gasteiger partial charge in [-0.2, -0.15) is 0 Å². The van der Waals surface area contributed by atoms with E-state index in [1.807, 2.05) is 6.07 Å². The molecule has 7 heteroatoms. The summed E-state index contributed by atoms with van der Waals surface area (Å²) >= 11 is 0. The van der Waals surface area contributed by atoms with E-state index < -0.39 is 0 Å². The van der Waals surface area contributed by atoms with Crippen LogP contribution >= 0.6 is 0 Å². The predicted octanol–water partition coefficient (Wildman–Crippen LogP) is 2.59. The number of nitrogens with zero attached hydrogens (tertiary/aromatic N) is 3. The van der Waals surface area contributed by atoms with Crippen LogP contribution in [-0.4, -0.2) is 75.2 Å². The summed E-state index contributed by atoms with van der Waals surface area (Å²) < 4.78 is 19.0. The fourth-order valence-electron chi connectivity index (χ4n) is 4.61. The molecule has 2 fully saturated rings. The van der Waals surface area contributed by atoms with Gasteiger partial charge in [-0.05, 0) is 42.7 Å². The largest absolute Gasteiger partial charge is 0.496 e. The fraction of sp³-hybridized carbons (Fsp3) is 0.480. The first-order valence-corrected chi connectivity index (χ1v) is 11.4. The van der Waals surface area contributed by atoms with Crippen LogP contribution < -0.4 is 15.0 Å². The highest BCUT2D eigenvalue weighted by Crippen LogP contribution is 2.23. The van der Waals surface area contributed by atoms with Gasteiger partial charge in [0, 0.05) is 63.6 Å². The van der Waals surface area contributed by atoms with Crippen molar-refractivity contribution < 1.29 is 13.9 Å². The van der Waals surface area contributed by atoms with Crippen molar-refractivity contribution in [2.45, 2.75) is 13.0 Å². The lowest BCUT2D eigenvalue weighted by atomic mass is 10.1. The summed E-state index contributed by atoms with van der Waals surface area (Å²) in [7, 11) is 1.61. The second-order valence-corrected chi connectivity index (χ2v) is 8.75. The van der Waals surface area contributed by atoms with Crippen LogP contribution in [-0.2, 0) is 11.3 Å². The molecule has 1 unspecified atom stereocenters. The molecule has 172 valence electrons. The first-order valence-electron chi connectivity index (χ1n) is 11.4. The molecule has 0 spiro atoms. The Morgan fingerprint density at radius 3 is 2.56 bits per heavy atom. The van der Waals surface area contributed by atoms with E-state index in [1.54, 1.807) is 19.2 Å². The van der Waals surface area contributed by atoms with E-state index >= 15 is 0 Å². The number of ether oxygens (including phenoxy) is 1. The van der Waals surface area contributed by atoms with Gasteiger partial charge in [-0.15, -0.1) is 0 Å². The topological polar surface area (TPSA) is 48.1 Å². The number of benzene rings is 2. The number of hydrogen-bond acceptors (Lipinski definition) is 5. The molecule has 4 rings (SSSR count). The highest BCUT2D eigenvalue weighted by atomic mass is 19.1. The molecular formula is C25H33FN4O2. The van der Waals surface area contributed by atoms with Crippen LogP contribution in [0.25, 0.3) is 0 Å². The number of nitrogens with one attached hydrogen (secondary N) is 1. The average molecular weight is 441 g/mol. The quantitative estimate of drug-likeness (QED) is 0.684. The van der Waals surface area contributed by atoms with E-state index in [9.17, 15) is 9.18 Å². The molecule has 0 saturated carbocycles. The minimum absolute atomic E-state index is 0.100. The van der Waals surface area contributed by atoms with Crippen LogP contribution in [0.4, 0.5) is 10.1 Å². The molecule has 0 bridgehead atoms. The number of carbonyl (C=O) groups excluding carboxylic acids is 1. The Bertz CT molecular complexity index is 887. The molecule has 0 aliphatic carbocycles. The molecular weight excluding hydrogens is 407 g/mol. The van der Waals surface area contributed by atoms with Gasteiger partial charge in [0.1, 0.15) is 11.6 Å². The van der Waals surface area contributed by atoms with E-state index in [2.05, 4.69) is 44.3 Å². The number of halogens is 1. The molecule has 2 heterocycles. The van der Waals surface area contributed by atoms with Crippen LogP contribution in [0, 0.1) is 11.7 Å². The molecule has 1 N–H and O–H groups in total. The standard InChI is InChI=1S/C25H33FN4O2/c1-32-24-8-7-22(26)15-21(24)18-28-11-13-29(14-12-28)19-25(31)27-16-20-9-10-30(17-20)23-5-3-2-4-6-23/h2-8,15,20H,9-14,16-19H2,1H3,(H,27,31). The molecule has 2 aromatic carbocycles. The van der Waals surface area contributed by atoms with Crippen molar-refractivity contribution in [3.63, 3.8) is 0 Å². The minimum Gasteiger partial charge on any atom is -0.496 e. The number of rotatable bonds is 8. The first kappa shape index (κ1) is 22.6. The first-order chi connectivity index (χ1) is 15.6. The van der Waals surface area contributed by atoms with Crippen LogP contribution in [0.2, 0.25) is 0 Å². The van der Waals surface area contributed by atoms with Gasteiger partial charge >= 0.3 is 0 Å². The number of anilines is 1. The Hall–Kier alpha value is -2.64. The summed E-state index contributed by atoms with van der Waals surface area (Å²) in [6.45, 7) is 7.22. The summed E-state index contributed by atoms with van der Waals surface area (Å²) in [4.78, 5) is 19.3. The Balaban J connectivity index is 1.16. The maximum absolute atomic E-state index is 13.6. The number of piperazine rings is 1. The smallest absolute Gasteiger partial charge is 0.234 e. The highest BCUT2D eigenvalue weighted by molar-refractivity contribution is 5.78. The van der Waals surface area contributed by atoms with Crippen LogP contribution in [0.3, 0.4) is 0 Å². The van der Waals surface area contributed by atoms with Gasteiger partial charge in [0.15, 0.2) is 0 Å². The fourth-order valence-corrected chi connectivity index (χ4v) is 4.61. The monoisotopic (exact) mass is 440 g/mol. The molecule has 32 heavy (non-hydrogen) atoms. The Kier molecular flexibility index (Phi) is 7.60. The second-order valence-electron chi connectivity index (χ2n) is 8.75. The summed E-state index contributed by atoms with van der Waals surface area (Å²) in [6, 6.07) is 15.1. The SMILES string of the molecule is COc1ccc(F)cc1CN1CCN(CC(=O)NCC2CCN(c3ccccc3)C2)CC1. The van der Waals surface area contributed by atoms with Gasteiger partial charge in [0.2, 0.25) is 5.91 Å². The molecule has 0 radical (unpaired) electrons. The third kappa shape index (κ3) is 5.99. The Labute approximate surface area is 189 Å². The van der Waals surface area contributed by atoms with Crippen molar-refractivity contribution >= 4 is 11.6 Å². The van der Waals surface area contributed by atoms with E-state index in [0.29, 0.717) is 24.8 Å². The minimum atomic E-state index is -0.245. The van der Waals surface area contributed by atoms with Gasteiger partial charge in [-0.3, -0.25) is 14.6 Å². The summed E-state index contributed by atoms with van der Waals surface area (Å²) in [5, 5.41) is 3.14. The lowest BCUT2D eigenvalue weighted by Gasteiger charge is -2.34. The Morgan fingerprint density at radius 1 is 1.06 bits per heavy atom. The number of amides is 1. The summed E-state index contributed by atoms with van der Waals surface area (Å²) in [5.74, 6) is 1.07. The number of carbonyl (C=O) groups is 1. The summed E-state index contributed by atoms with van der Waals surface area (Å²) in [5.41, 5.74) is 2.12. The lowest BCUT2D eigenvalue weighted by molar-refractivity contribution is -0.122. The number of hydrogen-bond donors (Lipinski definition) is 1. The van der Waals surface area contributed by atoms with Gasteiger partial charge in [0.05, 0.1) is 13.7 Å². The van der Waals surface area contributed by atoms with Crippen molar-refractivity contribution in [2.24, 2.45) is 5.92 Å². The van der Waals surface area contributed by atoms with E-state index in [-0.39, 0.29) is 11.7 Å². The van der Waals surface area contributed by atoms with E-state index in [4.69, 9.17) is 4.74 Å². The zero-order valence-corrected chi connectivity index (χ0v) is 18.8. The lowest BCUT2D eigenvalue weighted by Crippen LogP contribution is -2.49. The number of methoxy groups -OCH3 is 1. The Morgan fingerprint density at radius 2 is 1.81 bits per heavy atom. The van der Waals surface area contributed by atoms with E-state index in [0.717, 1.165) is 57.8 Å². The van der Waals surface area contributed by atoms with Crippen molar-refractivity contribution in [2.75, 3.05) is 64.4 Å². The third-order valence-electron chi connectivity index (χ3n) is 6.46. The van der Waals surface area contributed by atoms with E-state index in [1.165, 1.54) is 11.8 Å². The molecule has 0 aromatic heterocycles. The predicted molar refractivity (Wildman–Crippen MR) is 124 cm³/mol. The molecule has 2 aliphatic heterocycles. The maximum atomic E-state index is 13.6. The zero-order chi connectivity index (χ0) is 22.3. The molecule has 2 saturated heterocycles. The molecule has 2 aromatic rings. The van der Waals surface area contributed by atoms with Crippen molar-refractivity contribution in [3.8, 4) is 5.75 Å². The molecule has 2 aliphatic rings. The maximum Gasteiger partial charge on any atom is 0.234 e. The van der Waals surface area contributed by atoms with Crippen LogP contribution in [0.15, 0.2) is 48.5 Å². The summed E-state index contributed by atoms with van der Waals surface area (Å²) in [6.07, 6.45) is 1.11. The van der Waals surface area contributed by atoms with Crippen LogP contribution in [0.5, 0.6) is 5.75 Å². The van der Waals surface area contributed by atoms with Crippen molar-refractivity contribution in [3.05, 3.63) is 59.9 Å². The zero-order valence-electron chi connectivity index (χ0n) is 18.8. The van der Waals surface area contributed by atoms with Gasteiger partial charge in [0.25, 0.3) is 0 Å². The van der Waals surface area contributed by atoms with Gasteiger partial charge in [-0.25, -0.2) is 4.39 Å². The second kappa shape index (κ2) is 10.8. The highest BCUT2D eigenvalue weighted by Gasteiger charge is 2.24. The molecule has 1 atom stereocenters. The third-order valence-corrected chi connectivity index (χ3v) is 6.46. The molecule has 6 nitrogen and oxygen atoms in total. The average Bonchev–Trinajstić information content (AvgIpc) is 3.29. The van der Waals surface area contributed by atoms with Gasteiger partial charge < -0.3 is 15.0 Å².